The number of carbonyl (C=O) groups is 3. The molecular formula is C30H41N7O4. The SMILES string of the molecule is CCCNc1nc(Nc2ccc3cnccc3c2)ncc1C(=O)NCCCNC(=O)C(C)(C)CC(=O)OC(C)(C)C. The molecule has 0 radical (unpaired) electrons. The molecule has 0 saturated heterocycles. The molecule has 0 aliphatic carbocycles. The number of fused-ring (bicyclic) bond motifs is 1. The largest absolute Gasteiger partial charge is 0.460 e. The summed E-state index contributed by atoms with van der Waals surface area (Å²) in [5.41, 5.74) is -0.372. The Balaban J connectivity index is 1.53. The van der Waals surface area contributed by atoms with Crippen LogP contribution in [0.25, 0.3) is 10.8 Å². The van der Waals surface area contributed by atoms with Crippen molar-refractivity contribution in [2.24, 2.45) is 5.41 Å². The first-order chi connectivity index (χ1) is 19.4. The Hall–Kier alpha value is -4.28. The highest BCUT2D eigenvalue weighted by Crippen LogP contribution is 2.24. The molecule has 0 spiro atoms. The predicted octanol–water partition coefficient (Wildman–Crippen LogP) is 4.58. The Morgan fingerprint density at radius 3 is 2.41 bits per heavy atom. The van der Waals surface area contributed by atoms with Gasteiger partial charge < -0.3 is 26.0 Å². The van der Waals surface area contributed by atoms with Gasteiger partial charge in [0, 0.05) is 49.3 Å². The summed E-state index contributed by atoms with van der Waals surface area (Å²) in [4.78, 5) is 50.7. The molecule has 2 amide bonds. The van der Waals surface area contributed by atoms with Gasteiger partial charge in [-0.3, -0.25) is 19.4 Å². The van der Waals surface area contributed by atoms with Gasteiger partial charge in [0.15, 0.2) is 0 Å². The monoisotopic (exact) mass is 563 g/mol. The fourth-order valence-corrected chi connectivity index (χ4v) is 3.92. The average Bonchev–Trinajstić information content (AvgIpc) is 2.90. The van der Waals surface area contributed by atoms with Gasteiger partial charge in [-0.25, -0.2) is 4.98 Å². The highest BCUT2D eigenvalue weighted by Gasteiger charge is 2.32. The van der Waals surface area contributed by atoms with Gasteiger partial charge >= 0.3 is 5.97 Å². The van der Waals surface area contributed by atoms with Gasteiger partial charge in [-0.2, -0.15) is 4.98 Å². The lowest BCUT2D eigenvalue weighted by atomic mass is 9.88. The molecule has 0 atom stereocenters. The molecule has 0 aliphatic rings. The highest BCUT2D eigenvalue weighted by atomic mass is 16.6. The molecule has 0 saturated carbocycles. The maximum atomic E-state index is 12.9. The van der Waals surface area contributed by atoms with Crippen LogP contribution in [-0.4, -0.2) is 58.0 Å². The minimum Gasteiger partial charge on any atom is -0.460 e. The Morgan fingerprint density at radius 1 is 0.927 bits per heavy atom. The molecule has 4 N–H and O–H groups in total. The first kappa shape index (κ1) is 31.3. The van der Waals surface area contributed by atoms with E-state index < -0.39 is 17.0 Å². The molecule has 3 aromatic rings. The van der Waals surface area contributed by atoms with Gasteiger partial charge in [-0.15, -0.1) is 0 Å². The summed E-state index contributed by atoms with van der Waals surface area (Å²) in [7, 11) is 0. The minimum absolute atomic E-state index is 0.0242. The van der Waals surface area contributed by atoms with Crippen molar-refractivity contribution in [3.05, 3.63) is 48.4 Å². The van der Waals surface area contributed by atoms with Gasteiger partial charge in [-0.1, -0.05) is 26.8 Å². The Bertz CT molecular complexity index is 1370. The Labute approximate surface area is 241 Å². The summed E-state index contributed by atoms with van der Waals surface area (Å²) in [6, 6.07) is 7.80. The summed E-state index contributed by atoms with van der Waals surface area (Å²) in [6.45, 7) is 12.1. The van der Waals surface area contributed by atoms with E-state index in [1.54, 1.807) is 47.0 Å². The van der Waals surface area contributed by atoms with Crippen molar-refractivity contribution >= 4 is 46.0 Å². The first-order valence-electron chi connectivity index (χ1n) is 13.9. The Kier molecular flexibility index (Phi) is 10.6. The topological polar surface area (TPSA) is 147 Å². The van der Waals surface area contributed by atoms with Crippen LogP contribution in [0, 0.1) is 5.41 Å². The summed E-state index contributed by atoms with van der Waals surface area (Å²) in [5, 5.41) is 14.2. The number of benzene rings is 1. The molecule has 1 aromatic carbocycles. The van der Waals surface area contributed by atoms with E-state index in [1.807, 2.05) is 31.2 Å². The van der Waals surface area contributed by atoms with Crippen molar-refractivity contribution in [2.45, 2.75) is 66.4 Å². The number of rotatable bonds is 13. The average molecular weight is 564 g/mol. The van der Waals surface area contributed by atoms with Crippen molar-refractivity contribution in [3.8, 4) is 0 Å². The van der Waals surface area contributed by atoms with Crippen LogP contribution in [0.2, 0.25) is 0 Å². The number of hydrogen-bond acceptors (Lipinski definition) is 9. The number of esters is 1. The number of pyridine rings is 1. The summed E-state index contributed by atoms with van der Waals surface area (Å²) < 4.78 is 5.33. The molecule has 2 heterocycles. The number of aromatic nitrogens is 3. The van der Waals surface area contributed by atoms with Gasteiger partial charge in [0.25, 0.3) is 5.91 Å². The standard InChI is InChI=1S/C30H41N7O4/c1-7-12-32-25-23(19-35-28(37-25)36-22-10-9-21-18-31-15-11-20(21)16-22)26(39)33-13-8-14-34-27(40)30(5,6)17-24(38)41-29(2,3)4/h9-11,15-16,18-19H,7-8,12-14,17H2,1-6H3,(H,33,39)(H,34,40)(H2,32,35,36,37). The number of amides is 2. The molecular weight excluding hydrogens is 522 g/mol. The van der Waals surface area contributed by atoms with Crippen LogP contribution in [0.1, 0.15) is 71.2 Å². The van der Waals surface area contributed by atoms with Crippen molar-refractivity contribution in [1.82, 2.24) is 25.6 Å². The normalized spacial score (nSPS) is 11.6. The minimum atomic E-state index is -0.914. The maximum Gasteiger partial charge on any atom is 0.307 e. The fraction of sp³-hybridized carbons (Fsp3) is 0.467. The van der Waals surface area contributed by atoms with E-state index in [-0.39, 0.29) is 18.2 Å². The third kappa shape index (κ3) is 9.70. The number of carbonyl (C=O) groups excluding carboxylic acids is 3. The number of anilines is 3. The highest BCUT2D eigenvalue weighted by molar-refractivity contribution is 5.98. The van der Waals surface area contributed by atoms with E-state index in [4.69, 9.17) is 4.74 Å². The van der Waals surface area contributed by atoms with Crippen LogP contribution < -0.4 is 21.3 Å². The molecule has 0 fully saturated rings. The summed E-state index contributed by atoms with van der Waals surface area (Å²) >= 11 is 0. The van der Waals surface area contributed by atoms with E-state index in [0.29, 0.717) is 43.4 Å². The molecule has 0 aliphatic heterocycles. The fourth-order valence-electron chi connectivity index (χ4n) is 3.92. The zero-order valence-corrected chi connectivity index (χ0v) is 24.8. The van der Waals surface area contributed by atoms with E-state index in [2.05, 4.69) is 36.2 Å². The summed E-state index contributed by atoms with van der Waals surface area (Å²) in [5.74, 6) is -0.185. The third-order valence-electron chi connectivity index (χ3n) is 6.02. The zero-order chi connectivity index (χ0) is 30.0. The van der Waals surface area contributed by atoms with Crippen LogP contribution in [0.3, 0.4) is 0 Å². The molecule has 0 bridgehead atoms. The molecule has 41 heavy (non-hydrogen) atoms. The van der Waals surface area contributed by atoms with Crippen molar-refractivity contribution in [1.29, 1.82) is 0 Å². The molecule has 11 nitrogen and oxygen atoms in total. The second kappa shape index (κ2) is 13.9. The van der Waals surface area contributed by atoms with Gasteiger partial charge in [0.2, 0.25) is 11.9 Å². The van der Waals surface area contributed by atoms with E-state index in [9.17, 15) is 14.4 Å². The number of nitrogens with zero attached hydrogens (tertiary/aromatic N) is 3. The lowest BCUT2D eigenvalue weighted by Crippen LogP contribution is -2.40. The second-order valence-electron chi connectivity index (χ2n) is 11.5. The maximum absolute atomic E-state index is 12.9. The molecule has 3 rings (SSSR count). The first-order valence-corrected chi connectivity index (χ1v) is 13.9. The smallest absolute Gasteiger partial charge is 0.307 e. The van der Waals surface area contributed by atoms with Crippen molar-refractivity contribution < 1.29 is 19.1 Å². The van der Waals surface area contributed by atoms with Crippen LogP contribution in [0.4, 0.5) is 17.5 Å². The van der Waals surface area contributed by atoms with Gasteiger partial charge in [-0.05, 0) is 57.2 Å². The van der Waals surface area contributed by atoms with Crippen molar-refractivity contribution in [3.63, 3.8) is 0 Å². The molecule has 0 unspecified atom stereocenters. The van der Waals surface area contributed by atoms with E-state index in [0.717, 1.165) is 22.9 Å². The van der Waals surface area contributed by atoms with Crippen LogP contribution >= 0.6 is 0 Å². The van der Waals surface area contributed by atoms with Crippen LogP contribution in [0.15, 0.2) is 42.9 Å². The number of hydrogen-bond donors (Lipinski definition) is 4. The third-order valence-corrected chi connectivity index (χ3v) is 6.02. The second-order valence-corrected chi connectivity index (χ2v) is 11.5. The molecule has 2 aromatic heterocycles. The van der Waals surface area contributed by atoms with Crippen molar-refractivity contribution in [2.75, 3.05) is 30.3 Å². The quantitative estimate of drug-likeness (QED) is 0.173. The Morgan fingerprint density at radius 2 is 1.68 bits per heavy atom. The van der Waals surface area contributed by atoms with Gasteiger partial charge in [0.05, 0.1) is 11.8 Å². The zero-order valence-electron chi connectivity index (χ0n) is 24.8. The summed E-state index contributed by atoms with van der Waals surface area (Å²) in [6.07, 6.45) is 6.38. The van der Waals surface area contributed by atoms with Crippen LogP contribution in [-0.2, 0) is 14.3 Å². The lowest BCUT2D eigenvalue weighted by molar-refractivity contribution is -0.159. The number of nitrogens with one attached hydrogen (secondary N) is 4. The van der Waals surface area contributed by atoms with E-state index >= 15 is 0 Å². The predicted molar refractivity (Wildman–Crippen MR) is 160 cm³/mol. The van der Waals surface area contributed by atoms with E-state index in [1.165, 1.54) is 6.20 Å². The lowest BCUT2D eigenvalue weighted by Gasteiger charge is -2.26. The van der Waals surface area contributed by atoms with Gasteiger partial charge in [0.1, 0.15) is 17.0 Å². The van der Waals surface area contributed by atoms with Crippen LogP contribution in [0.5, 0.6) is 0 Å². The number of ether oxygens (including phenoxy) is 1. The molecule has 220 valence electrons. The molecule has 11 heteroatoms.